The maximum atomic E-state index is 13.9. The molecule has 1 saturated heterocycles. The van der Waals surface area contributed by atoms with Gasteiger partial charge < -0.3 is 15.1 Å². The van der Waals surface area contributed by atoms with Crippen LogP contribution < -0.4 is 10.2 Å². The number of thiazole rings is 1. The predicted molar refractivity (Wildman–Crippen MR) is 151 cm³/mol. The first-order valence-electron chi connectivity index (χ1n) is 13.5. The molecule has 2 aliphatic heterocycles. The summed E-state index contributed by atoms with van der Waals surface area (Å²) in [6.45, 7) is 3.05. The van der Waals surface area contributed by atoms with Gasteiger partial charge in [-0.15, -0.1) is 11.3 Å². The highest BCUT2D eigenvalue weighted by molar-refractivity contribution is 7.09. The molecule has 12 heteroatoms. The molecule has 41 heavy (non-hydrogen) atoms. The van der Waals surface area contributed by atoms with Crippen LogP contribution in [0, 0.1) is 12.8 Å². The number of alkyl halides is 2. The Balaban J connectivity index is 1.09. The largest absolute Gasteiger partial charge is 0.349 e. The van der Waals surface area contributed by atoms with Gasteiger partial charge in [0.1, 0.15) is 16.8 Å². The fourth-order valence-electron chi connectivity index (χ4n) is 6.27. The Hall–Kier alpha value is -3.44. The molecule has 0 unspecified atom stereocenters. The molecule has 0 atom stereocenters. The van der Waals surface area contributed by atoms with Crippen LogP contribution in [0.2, 0.25) is 5.02 Å². The van der Waals surface area contributed by atoms with Crippen molar-refractivity contribution < 1.29 is 23.2 Å². The van der Waals surface area contributed by atoms with E-state index < -0.39 is 23.4 Å². The number of aromatic nitrogens is 2. The topological polar surface area (TPSA) is 95.5 Å². The molecule has 4 heterocycles. The molecule has 6 rings (SSSR count). The van der Waals surface area contributed by atoms with Crippen molar-refractivity contribution in [2.75, 3.05) is 24.5 Å². The van der Waals surface area contributed by atoms with Crippen LogP contribution >= 0.6 is 22.9 Å². The number of nitrogens with zero attached hydrogens (tertiary/aromatic N) is 4. The smallest absolute Gasteiger partial charge is 0.281 e. The molecule has 0 bridgehead atoms. The molecule has 8 nitrogen and oxygen atoms in total. The number of rotatable bonds is 6. The minimum atomic E-state index is -2.88. The van der Waals surface area contributed by atoms with E-state index >= 15 is 0 Å². The second kappa shape index (κ2) is 10.8. The van der Waals surface area contributed by atoms with Crippen LogP contribution in [-0.2, 0) is 10.2 Å². The van der Waals surface area contributed by atoms with Gasteiger partial charge in [-0.25, -0.2) is 13.8 Å². The minimum absolute atomic E-state index is 0.0145. The van der Waals surface area contributed by atoms with Crippen LogP contribution in [0.15, 0.2) is 41.9 Å². The summed E-state index contributed by atoms with van der Waals surface area (Å²) in [6.07, 6.45) is 1.09. The summed E-state index contributed by atoms with van der Waals surface area (Å²) < 4.78 is 26.7. The van der Waals surface area contributed by atoms with E-state index in [-0.39, 0.29) is 34.4 Å². The molecule has 1 N–H and O–H groups in total. The lowest BCUT2D eigenvalue weighted by Gasteiger charge is -2.46. The van der Waals surface area contributed by atoms with Crippen molar-refractivity contribution in [1.82, 2.24) is 20.2 Å². The van der Waals surface area contributed by atoms with Crippen molar-refractivity contribution in [2.45, 2.75) is 50.5 Å². The van der Waals surface area contributed by atoms with E-state index in [1.165, 1.54) is 17.4 Å². The fourth-order valence-corrected chi connectivity index (χ4v) is 7.02. The number of hydrogen-bond acceptors (Lipinski definition) is 6. The monoisotopic (exact) mass is 599 g/mol. The summed E-state index contributed by atoms with van der Waals surface area (Å²) in [5.41, 5.74) is 0.720. The quantitative estimate of drug-likeness (QED) is 0.422. The zero-order chi connectivity index (χ0) is 28.9. The SMILES string of the molecule is Cc1nc(C(=O)N2CC3(C2)C(=O)N(C[C@H]2CC[C@H](NC(=O)c4cc(Cl)cnc4C(F)F)CC2)c2ccccc23)cs1. The Morgan fingerprint density at radius 1 is 1.20 bits per heavy atom. The zero-order valence-corrected chi connectivity index (χ0v) is 23.9. The Morgan fingerprint density at radius 3 is 2.61 bits per heavy atom. The lowest BCUT2D eigenvalue weighted by Crippen LogP contribution is -2.65. The van der Waals surface area contributed by atoms with E-state index in [2.05, 4.69) is 15.3 Å². The lowest BCUT2D eigenvalue weighted by molar-refractivity contribution is -0.128. The maximum Gasteiger partial charge on any atom is 0.281 e. The number of nitrogens with one attached hydrogen (secondary N) is 1. The van der Waals surface area contributed by atoms with Gasteiger partial charge in [0.25, 0.3) is 18.2 Å². The first kappa shape index (κ1) is 27.7. The number of pyridine rings is 1. The predicted octanol–water partition coefficient (Wildman–Crippen LogP) is 5.17. The van der Waals surface area contributed by atoms with E-state index in [9.17, 15) is 23.2 Å². The first-order valence-corrected chi connectivity index (χ1v) is 14.8. The van der Waals surface area contributed by atoms with Crippen LogP contribution in [0.4, 0.5) is 14.5 Å². The summed E-state index contributed by atoms with van der Waals surface area (Å²) in [6, 6.07) is 8.83. The summed E-state index contributed by atoms with van der Waals surface area (Å²) in [5.74, 6) is -0.532. The Labute approximate surface area is 244 Å². The Morgan fingerprint density at radius 2 is 1.93 bits per heavy atom. The number of anilines is 1. The van der Waals surface area contributed by atoms with Gasteiger partial charge >= 0.3 is 0 Å². The molecule has 3 aromatic rings. The van der Waals surface area contributed by atoms with Gasteiger partial charge in [0.15, 0.2) is 0 Å². The third kappa shape index (κ3) is 4.99. The van der Waals surface area contributed by atoms with E-state index in [1.54, 1.807) is 10.3 Å². The summed E-state index contributed by atoms with van der Waals surface area (Å²) in [5, 5.41) is 5.56. The van der Waals surface area contributed by atoms with Crippen molar-refractivity contribution >= 4 is 46.3 Å². The number of hydrogen-bond donors (Lipinski definition) is 1. The molecule has 3 amide bonds. The normalized spacial score (nSPS) is 21.2. The Kier molecular flexibility index (Phi) is 7.27. The average molecular weight is 600 g/mol. The van der Waals surface area contributed by atoms with Crippen LogP contribution in [0.5, 0.6) is 0 Å². The molecule has 3 aliphatic rings. The number of likely N-dealkylation sites (tertiary alicyclic amines) is 1. The van der Waals surface area contributed by atoms with E-state index in [0.717, 1.165) is 35.3 Å². The zero-order valence-electron chi connectivity index (χ0n) is 22.3. The lowest BCUT2D eigenvalue weighted by atomic mass is 9.74. The van der Waals surface area contributed by atoms with Crippen LogP contribution in [-0.4, -0.2) is 58.3 Å². The molecule has 1 spiro atoms. The molecule has 0 radical (unpaired) electrons. The van der Waals surface area contributed by atoms with Crippen molar-refractivity contribution in [2.24, 2.45) is 5.92 Å². The van der Waals surface area contributed by atoms with E-state index in [0.29, 0.717) is 38.2 Å². The van der Waals surface area contributed by atoms with Crippen LogP contribution in [0.3, 0.4) is 0 Å². The third-order valence-electron chi connectivity index (χ3n) is 8.37. The molecule has 2 fully saturated rings. The molecular formula is C29H28ClF2N5O3S. The average Bonchev–Trinajstić information content (AvgIpc) is 3.47. The highest BCUT2D eigenvalue weighted by Crippen LogP contribution is 2.48. The highest BCUT2D eigenvalue weighted by Gasteiger charge is 2.59. The second-order valence-corrected chi connectivity index (χ2v) is 12.5. The van der Waals surface area contributed by atoms with Crippen molar-refractivity contribution in [1.29, 1.82) is 0 Å². The molecule has 1 aromatic carbocycles. The van der Waals surface area contributed by atoms with Crippen molar-refractivity contribution in [3.8, 4) is 0 Å². The van der Waals surface area contributed by atoms with E-state index in [4.69, 9.17) is 11.6 Å². The van der Waals surface area contributed by atoms with Crippen molar-refractivity contribution in [3.05, 3.63) is 74.5 Å². The highest BCUT2D eigenvalue weighted by atomic mass is 35.5. The number of fused-ring (bicyclic) bond motifs is 2. The maximum absolute atomic E-state index is 13.9. The summed E-state index contributed by atoms with van der Waals surface area (Å²) in [7, 11) is 0. The first-order chi connectivity index (χ1) is 19.7. The second-order valence-electron chi connectivity index (χ2n) is 11.0. The van der Waals surface area contributed by atoms with Crippen molar-refractivity contribution in [3.63, 3.8) is 0 Å². The van der Waals surface area contributed by atoms with Crippen LogP contribution in [0.25, 0.3) is 0 Å². The minimum Gasteiger partial charge on any atom is -0.349 e. The Bertz CT molecular complexity index is 1520. The summed E-state index contributed by atoms with van der Waals surface area (Å²) >= 11 is 7.33. The number of para-hydroxylation sites is 1. The summed E-state index contributed by atoms with van der Waals surface area (Å²) in [4.78, 5) is 51.1. The van der Waals surface area contributed by atoms with Gasteiger partial charge in [-0.1, -0.05) is 29.8 Å². The number of halogens is 3. The van der Waals surface area contributed by atoms with Gasteiger partial charge in [-0.3, -0.25) is 19.4 Å². The van der Waals surface area contributed by atoms with Gasteiger partial charge in [0, 0.05) is 42.9 Å². The third-order valence-corrected chi connectivity index (χ3v) is 9.35. The number of carbonyl (C=O) groups excluding carboxylic acids is 3. The molecule has 1 saturated carbocycles. The van der Waals surface area contributed by atoms with Gasteiger partial charge in [-0.05, 0) is 56.2 Å². The molecular weight excluding hydrogens is 572 g/mol. The number of carbonyl (C=O) groups is 3. The standard InChI is InChI=1S/C29H28ClF2N5O3S/c1-16-34-22(13-41-16)27(39)36-14-29(15-36)21-4-2-3-5-23(21)37(28(29)40)12-17-6-8-19(9-7-17)35-26(38)20-10-18(30)11-33-24(20)25(31)32/h2-5,10-11,13,17,19,25H,6-9,12,14-15H2,1H3,(H,35,38)/t17-,19-. The molecule has 1 aliphatic carbocycles. The fraction of sp³-hybridized carbons (Fsp3) is 0.414. The number of amides is 3. The van der Waals surface area contributed by atoms with Gasteiger partial charge in [-0.2, -0.15) is 0 Å². The number of aryl methyl sites for hydroxylation is 1. The van der Waals surface area contributed by atoms with Gasteiger partial charge in [0.2, 0.25) is 5.91 Å². The van der Waals surface area contributed by atoms with Gasteiger partial charge in [0.05, 0.1) is 15.6 Å². The molecule has 2 aromatic heterocycles. The van der Waals surface area contributed by atoms with Crippen LogP contribution in [0.1, 0.15) is 69.2 Å². The molecule has 214 valence electrons. The van der Waals surface area contributed by atoms with E-state index in [1.807, 2.05) is 36.1 Å². The number of benzene rings is 1.